The van der Waals surface area contributed by atoms with Crippen molar-refractivity contribution in [2.24, 2.45) is 0 Å². The van der Waals surface area contributed by atoms with Crippen LogP contribution in [0.5, 0.6) is 0 Å². The summed E-state index contributed by atoms with van der Waals surface area (Å²) in [7, 11) is 0. The van der Waals surface area contributed by atoms with Crippen LogP contribution in [0.25, 0.3) is 22.0 Å². The van der Waals surface area contributed by atoms with Crippen LogP contribution in [-0.4, -0.2) is 27.4 Å². The van der Waals surface area contributed by atoms with E-state index in [-0.39, 0.29) is 11.5 Å². The largest absolute Gasteiger partial charge is 0.356 e. The lowest BCUT2D eigenvalue weighted by Crippen LogP contribution is -2.04. The minimum Gasteiger partial charge on any atom is -0.356 e. The van der Waals surface area contributed by atoms with Gasteiger partial charge in [0.2, 0.25) is 5.78 Å². The van der Waals surface area contributed by atoms with E-state index in [0.29, 0.717) is 24.9 Å². The Morgan fingerprint density at radius 1 is 1.03 bits per heavy atom. The molecule has 2 heterocycles. The third-order valence-corrected chi connectivity index (χ3v) is 5.06. The molecule has 2 aromatic heterocycles. The predicted octanol–water partition coefficient (Wildman–Crippen LogP) is 4.74. The maximum atomic E-state index is 12.2. The van der Waals surface area contributed by atoms with Crippen LogP contribution in [0.2, 0.25) is 0 Å². The van der Waals surface area contributed by atoms with Gasteiger partial charge in [0.05, 0.1) is 5.69 Å². The Hall–Kier alpha value is -3.93. The monoisotopic (exact) mass is 399 g/mol. The highest BCUT2D eigenvalue weighted by atomic mass is 16.2. The quantitative estimate of drug-likeness (QED) is 0.255. The Kier molecular flexibility index (Phi) is 5.30. The van der Waals surface area contributed by atoms with E-state index in [4.69, 9.17) is 0 Å². The van der Waals surface area contributed by atoms with Gasteiger partial charge in [0.1, 0.15) is 11.5 Å². The van der Waals surface area contributed by atoms with Crippen LogP contribution in [0.15, 0.2) is 67.0 Å². The lowest BCUT2D eigenvalue weighted by Gasteiger charge is -2.09. The number of ketones is 2. The number of hydrogen-bond donors (Lipinski definition) is 2. The second kappa shape index (κ2) is 8.21. The minimum absolute atomic E-state index is 0.126. The molecule has 150 valence electrons. The zero-order valence-corrected chi connectivity index (χ0v) is 16.5. The zero-order valence-electron chi connectivity index (χ0n) is 16.5. The number of Topliss-reactive ketones (excluding diaryl/α,β-unsaturated/α-hetero) is 2. The minimum atomic E-state index is -0.625. The van der Waals surface area contributed by atoms with Gasteiger partial charge in [0.25, 0.3) is 0 Å². The molecule has 6 heteroatoms. The van der Waals surface area contributed by atoms with E-state index >= 15 is 0 Å². The zero-order chi connectivity index (χ0) is 21.1. The average Bonchev–Trinajstić information content (AvgIpc) is 3.34. The SMILES string of the molecule is CC(=O)CCn1cc(-c2c[nH]c(C(=O)C=O)c2Nc2ccccc2)c2ccccc21. The van der Waals surface area contributed by atoms with Crippen molar-refractivity contribution in [3.63, 3.8) is 0 Å². The van der Waals surface area contributed by atoms with Gasteiger partial charge in [-0.2, -0.15) is 0 Å². The number of aryl methyl sites for hydroxylation is 1. The molecule has 0 bridgehead atoms. The number of aldehydes is 1. The molecule has 0 aliphatic rings. The maximum Gasteiger partial charge on any atom is 0.243 e. The van der Waals surface area contributed by atoms with Crippen molar-refractivity contribution >= 4 is 40.1 Å². The maximum absolute atomic E-state index is 12.2. The van der Waals surface area contributed by atoms with E-state index < -0.39 is 5.78 Å². The number of nitrogens with one attached hydrogen (secondary N) is 2. The number of benzene rings is 2. The highest BCUT2D eigenvalue weighted by Crippen LogP contribution is 2.38. The number of aromatic amines is 1. The van der Waals surface area contributed by atoms with Crippen molar-refractivity contribution in [2.45, 2.75) is 19.9 Å². The highest BCUT2D eigenvalue weighted by Gasteiger charge is 2.21. The average molecular weight is 399 g/mol. The molecule has 0 atom stereocenters. The number of carbonyl (C=O) groups excluding carboxylic acids is 3. The van der Waals surface area contributed by atoms with Crippen molar-refractivity contribution in [1.29, 1.82) is 0 Å². The molecule has 4 rings (SSSR count). The highest BCUT2D eigenvalue weighted by molar-refractivity contribution is 6.35. The molecule has 0 fully saturated rings. The molecule has 0 unspecified atom stereocenters. The van der Waals surface area contributed by atoms with Gasteiger partial charge in [-0.15, -0.1) is 0 Å². The second-order valence-corrected chi connectivity index (χ2v) is 7.13. The van der Waals surface area contributed by atoms with E-state index in [9.17, 15) is 14.4 Å². The normalized spacial score (nSPS) is 10.8. The van der Waals surface area contributed by atoms with E-state index in [0.717, 1.165) is 27.7 Å². The van der Waals surface area contributed by atoms with Gasteiger partial charge in [-0.1, -0.05) is 36.4 Å². The molecule has 6 nitrogen and oxygen atoms in total. The second-order valence-electron chi connectivity index (χ2n) is 7.13. The van der Waals surface area contributed by atoms with Crippen molar-refractivity contribution in [2.75, 3.05) is 5.32 Å². The third-order valence-electron chi connectivity index (χ3n) is 5.06. The molecule has 0 spiro atoms. The Balaban J connectivity index is 1.87. The van der Waals surface area contributed by atoms with Gasteiger partial charge in [0.15, 0.2) is 6.29 Å². The van der Waals surface area contributed by atoms with Gasteiger partial charge in [0, 0.05) is 53.1 Å². The number of fused-ring (bicyclic) bond motifs is 1. The first-order valence-electron chi connectivity index (χ1n) is 9.69. The molecule has 0 aliphatic heterocycles. The number of anilines is 2. The van der Waals surface area contributed by atoms with E-state index in [2.05, 4.69) is 10.3 Å². The first kappa shape index (κ1) is 19.4. The van der Waals surface area contributed by atoms with Crippen LogP contribution < -0.4 is 5.32 Å². The molecule has 2 aromatic carbocycles. The number of aromatic nitrogens is 2. The Labute approximate surface area is 173 Å². The predicted molar refractivity (Wildman–Crippen MR) is 117 cm³/mol. The first-order chi connectivity index (χ1) is 14.6. The summed E-state index contributed by atoms with van der Waals surface area (Å²) in [5, 5.41) is 4.29. The van der Waals surface area contributed by atoms with E-state index in [1.807, 2.05) is 65.4 Å². The van der Waals surface area contributed by atoms with Crippen LogP contribution in [0.1, 0.15) is 23.8 Å². The Bertz CT molecular complexity index is 1240. The summed E-state index contributed by atoms with van der Waals surface area (Å²) in [6.45, 7) is 2.15. The van der Waals surface area contributed by atoms with Gasteiger partial charge < -0.3 is 14.9 Å². The summed E-state index contributed by atoms with van der Waals surface area (Å²) in [5.41, 5.74) is 4.26. The number of H-pyrrole nitrogens is 1. The Morgan fingerprint density at radius 2 is 1.77 bits per heavy atom. The van der Waals surface area contributed by atoms with Crippen molar-refractivity contribution in [1.82, 2.24) is 9.55 Å². The Morgan fingerprint density at radius 3 is 2.50 bits per heavy atom. The van der Waals surface area contributed by atoms with Crippen LogP contribution in [-0.2, 0) is 16.1 Å². The molecule has 0 radical (unpaired) electrons. The van der Waals surface area contributed by atoms with Crippen LogP contribution in [0.3, 0.4) is 0 Å². The van der Waals surface area contributed by atoms with Crippen LogP contribution in [0.4, 0.5) is 11.4 Å². The van der Waals surface area contributed by atoms with Gasteiger partial charge >= 0.3 is 0 Å². The van der Waals surface area contributed by atoms with E-state index in [1.54, 1.807) is 13.1 Å². The number of rotatable bonds is 8. The number of hydrogen-bond acceptors (Lipinski definition) is 4. The van der Waals surface area contributed by atoms with Crippen LogP contribution >= 0.6 is 0 Å². The molecular weight excluding hydrogens is 378 g/mol. The summed E-state index contributed by atoms with van der Waals surface area (Å²) in [4.78, 5) is 37.9. The number of para-hydroxylation sites is 2. The summed E-state index contributed by atoms with van der Waals surface area (Å²) < 4.78 is 2.05. The van der Waals surface area contributed by atoms with Gasteiger partial charge in [-0.25, -0.2) is 0 Å². The first-order valence-corrected chi connectivity index (χ1v) is 9.69. The topological polar surface area (TPSA) is 84.0 Å². The number of carbonyl (C=O) groups is 3. The van der Waals surface area contributed by atoms with Crippen molar-refractivity contribution < 1.29 is 14.4 Å². The molecule has 0 amide bonds. The van der Waals surface area contributed by atoms with Gasteiger partial charge in [-0.3, -0.25) is 14.4 Å². The van der Waals surface area contributed by atoms with E-state index in [1.165, 1.54) is 0 Å². The molecule has 4 aromatic rings. The van der Waals surface area contributed by atoms with Crippen molar-refractivity contribution in [3.8, 4) is 11.1 Å². The van der Waals surface area contributed by atoms with Crippen LogP contribution in [0, 0.1) is 0 Å². The lowest BCUT2D eigenvalue weighted by molar-refractivity contribution is -0.117. The molecular formula is C24H21N3O3. The standard InChI is InChI=1S/C24H21N3O3/c1-16(29)11-12-27-14-20(18-9-5-6-10-21(18)27)19-13-25-24(22(30)15-28)23(19)26-17-7-3-2-4-8-17/h2-10,13-15,25-26H,11-12H2,1H3. The molecule has 0 aliphatic carbocycles. The van der Waals surface area contributed by atoms with Gasteiger partial charge in [-0.05, 0) is 25.1 Å². The molecule has 0 saturated heterocycles. The summed E-state index contributed by atoms with van der Waals surface area (Å²) in [6.07, 6.45) is 4.47. The molecule has 0 saturated carbocycles. The summed E-state index contributed by atoms with van der Waals surface area (Å²) in [6, 6.07) is 17.4. The molecule has 2 N–H and O–H groups in total. The fourth-order valence-electron chi connectivity index (χ4n) is 3.61. The summed E-state index contributed by atoms with van der Waals surface area (Å²) >= 11 is 0. The lowest BCUT2D eigenvalue weighted by atomic mass is 10.0. The van der Waals surface area contributed by atoms with Crippen molar-refractivity contribution in [3.05, 3.63) is 72.7 Å². The fraction of sp³-hybridized carbons (Fsp3) is 0.125. The smallest absolute Gasteiger partial charge is 0.243 e. The third kappa shape index (κ3) is 3.67. The number of nitrogens with zero attached hydrogens (tertiary/aromatic N) is 1. The summed E-state index contributed by atoms with van der Waals surface area (Å²) in [5.74, 6) is -0.499. The molecule has 30 heavy (non-hydrogen) atoms. The fourth-order valence-corrected chi connectivity index (χ4v) is 3.61.